The number of urea groups is 1. The maximum atomic E-state index is 13.1. The summed E-state index contributed by atoms with van der Waals surface area (Å²) < 4.78 is 11.3. The molecular weight excluding hydrogens is 420 g/mol. The van der Waals surface area contributed by atoms with E-state index in [1.807, 2.05) is 13.8 Å². The van der Waals surface area contributed by atoms with Crippen molar-refractivity contribution in [3.05, 3.63) is 58.1 Å². The Morgan fingerprint density at radius 2 is 1.84 bits per heavy atom. The Morgan fingerprint density at radius 1 is 1.10 bits per heavy atom. The number of hydrogen-bond donors (Lipinski definition) is 1. The molecule has 7 nitrogen and oxygen atoms in total. The van der Waals surface area contributed by atoms with Crippen LogP contribution in [0.1, 0.15) is 31.4 Å². The zero-order valence-corrected chi connectivity index (χ0v) is 18.3. The molecule has 0 saturated carbocycles. The molecule has 0 unspecified atom stereocenters. The summed E-state index contributed by atoms with van der Waals surface area (Å²) in [5, 5.41) is 2.51. The van der Waals surface area contributed by atoms with Crippen molar-refractivity contribution in [2.45, 2.75) is 27.2 Å². The van der Waals surface area contributed by atoms with E-state index in [0.29, 0.717) is 41.0 Å². The van der Waals surface area contributed by atoms with Gasteiger partial charge >= 0.3 is 6.03 Å². The van der Waals surface area contributed by atoms with E-state index < -0.39 is 17.8 Å². The first-order valence-corrected chi connectivity index (χ1v) is 10.3. The SMILES string of the molecule is CCCOc1c(Cl)cc(/C=C2\C(=O)NC(=O)N(c3ccccc3C)C2=O)cc1OCC. The predicted molar refractivity (Wildman–Crippen MR) is 119 cm³/mol. The van der Waals surface area contributed by atoms with E-state index in [2.05, 4.69) is 5.32 Å². The topological polar surface area (TPSA) is 84.9 Å². The smallest absolute Gasteiger partial charge is 0.335 e. The largest absolute Gasteiger partial charge is 0.490 e. The summed E-state index contributed by atoms with van der Waals surface area (Å²) in [7, 11) is 0. The fraction of sp³-hybridized carbons (Fsp3) is 0.261. The lowest BCUT2D eigenvalue weighted by Gasteiger charge is -2.27. The van der Waals surface area contributed by atoms with E-state index in [4.69, 9.17) is 21.1 Å². The summed E-state index contributed by atoms with van der Waals surface area (Å²) in [6.07, 6.45) is 2.18. The molecule has 2 aromatic carbocycles. The molecule has 1 saturated heterocycles. The molecule has 0 bridgehead atoms. The molecule has 8 heteroatoms. The molecular formula is C23H23ClN2O5. The molecule has 0 aromatic heterocycles. The van der Waals surface area contributed by atoms with Crippen molar-refractivity contribution in [1.29, 1.82) is 0 Å². The van der Waals surface area contributed by atoms with E-state index in [1.54, 1.807) is 43.3 Å². The van der Waals surface area contributed by atoms with Crippen LogP contribution in [0.25, 0.3) is 6.08 Å². The molecule has 4 amide bonds. The van der Waals surface area contributed by atoms with Gasteiger partial charge in [-0.3, -0.25) is 14.9 Å². The second-order valence-corrected chi connectivity index (χ2v) is 7.26. The predicted octanol–water partition coefficient (Wildman–Crippen LogP) is 4.50. The first kappa shape index (κ1) is 22.4. The molecule has 0 atom stereocenters. The quantitative estimate of drug-likeness (QED) is 0.504. The number of rotatable bonds is 7. The summed E-state index contributed by atoms with van der Waals surface area (Å²) in [4.78, 5) is 38.9. The lowest BCUT2D eigenvalue weighted by Crippen LogP contribution is -2.54. The van der Waals surface area contributed by atoms with Crippen molar-refractivity contribution < 1.29 is 23.9 Å². The van der Waals surface area contributed by atoms with Gasteiger partial charge in [0.05, 0.1) is 23.9 Å². The molecule has 1 aliphatic heterocycles. The Kier molecular flexibility index (Phi) is 6.97. The Morgan fingerprint density at radius 3 is 2.52 bits per heavy atom. The summed E-state index contributed by atoms with van der Waals surface area (Å²) in [5.41, 5.74) is 1.40. The lowest BCUT2D eigenvalue weighted by atomic mass is 10.1. The van der Waals surface area contributed by atoms with Crippen LogP contribution in [-0.2, 0) is 9.59 Å². The standard InChI is InChI=1S/C23H23ClN2O5/c1-4-10-31-20-17(24)12-15(13-19(20)30-5-2)11-16-21(27)25-23(29)26(22(16)28)18-9-7-6-8-14(18)3/h6-9,11-13H,4-5,10H2,1-3H3,(H,25,27,29)/b16-11+. The van der Waals surface area contributed by atoms with E-state index in [9.17, 15) is 14.4 Å². The van der Waals surface area contributed by atoms with E-state index >= 15 is 0 Å². The number of ether oxygens (including phenoxy) is 2. The third-order valence-corrected chi connectivity index (χ3v) is 4.83. The number of amides is 4. The number of para-hydroxylation sites is 1. The summed E-state index contributed by atoms with van der Waals surface area (Å²) >= 11 is 6.38. The number of nitrogens with one attached hydrogen (secondary N) is 1. The van der Waals surface area contributed by atoms with Crippen LogP contribution in [0.5, 0.6) is 11.5 Å². The van der Waals surface area contributed by atoms with E-state index in [-0.39, 0.29) is 5.57 Å². The highest BCUT2D eigenvalue weighted by Crippen LogP contribution is 2.37. The first-order chi connectivity index (χ1) is 14.9. The van der Waals surface area contributed by atoms with Crippen molar-refractivity contribution in [2.75, 3.05) is 18.1 Å². The van der Waals surface area contributed by atoms with Gasteiger partial charge in [-0.05, 0) is 55.7 Å². The maximum Gasteiger partial charge on any atom is 0.335 e. The summed E-state index contributed by atoms with van der Waals surface area (Å²) in [6, 6.07) is 9.36. The van der Waals surface area contributed by atoms with Crippen LogP contribution in [0, 0.1) is 6.92 Å². The van der Waals surface area contributed by atoms with Crippen LogP contribution in [0.3, 0.4) is 0 Å². The number of halogens is 1. The van der Waals surface area contributed by atoms with E-state index in [0.717, 1.165) is 16.9 Å². The Hall–Kier alpha value is -3.32. The molecule has 0 radical (unpaired) electrons. The highest BCUT2D eigenvalue weighted by atomic mass is 35.5. The van der Waals surface area contributed by atoms with Crippen molar-refractivity contribution in [2.24, 2.45) is 0 Å². The van der Waals surface area contributed by atoms with Gasteiger partial charge < -0.3 is 9.47 Å². The monoisotopic (exact) mass is 442 g/mol. The molecule has 162 valence electrons. The van der Waals surface area contributed by atoms with Gasteiger partial charge in [0.2, 0.25) is 0 Å². The zero-order valence-electron chi connectivity index (χ0n) is 17.5. The van der Waals surface area contributed by atoms with Crippen LogP contribution in [0.4, 0.5) is 10.5 Å². The Labute approximate surface area is 185 Å². The summed E-state index contributed by atoms with van der Waals surface area (Å²) in [6.45, 7) is 6.43. The van der Waals surface area contributed by atoms with Crippen molar-refractivity contribution >= 4 is 41.2 Å². The average Bonchev–Trinajstić information content (AvgIpc) is 2.72. The molecule has 1 aliphatic rings. The maximum absolute atomic E-state index is 13.1. The molecule has 1 heterocycles. The number of barbiturate groups is 1. The number of aryl methyl sites for hydroxylation is 1. The van der Waals surface area contributed by atoms with Gasteiger partial charge in [-0.1, -0.05) is 36.7 Å². The minimum Gasteiger partial charge on any atom is -0.490 e. The number of imide groups is 2. The third-order valence-electron chi connectivity index (χ3n) is 4.55. The molecule has 31 heavy (non-hydrogen) atoms. The minimum absolute atomic E-state index is 0.191. The van der Waals surface area contributed by atoms with Crippen LogP contribution >= 0.6 is 11.6 Å². The van der Waals surface area contributed by atoms with E-state index in [1.165, 1.54) is 6.08 Å². The number of carbonyl (C=O) groups is 3. The highest BCUT2D eigenvalue weighted by molar-refractivity contribution is 6.39. The fourth-order valence-corrected chi connectivity index (χ4v) is 3.41. The van der Waals surface area contributed by atoms with Crippen molar-refractivity contribution in [3.8, 4) is 11.5 Å². The molecule has 0 spiro atoms. The molecule has 1 N–H and O–H groups in total. The summed E-state index contributed by atoms with van der Waals surface area (Å²) in [5.74, 6) is -0.682. The van der Waals surface area contributed by atoms with Gasteiger partial charge in [-0.2, -0.15) is 0 Å². The highest BCUT2D eigenvalue weighted by Gasteiger charge is 2.37. The lowest BCUT2D eigenvalue weighted by molar-refractivity contribution is -0.122. The third kappa shape index (κ3) is 4.72. The zero-order chi connectivity index (χ0) is 22.5. The van der Waals surface area contributed by atoms with Gasteiger partial charge in [0.25, 0.3) is 11.8 Å². The van der Waals surface area contributed by atoms with Crippen molar-refractivity contribution in [3.63, 3.8) is 0 Å². The van der Waals surface area contributed by atoms with Gasteiger partial charge in [0, 0.05) is 0 Å². The van der Waals surface area contributed by atoms with Gasteiger partial charge in [-0.15, -0.1) is 0 Å². The van der Waals surface area contributed by atoms with Crippen molar-refractivity contribution in [1.82, 2.24) is 5.32 Å². The number of carbonyl (C=O) groups excluding carboxylic acids is 3. The number of anilines is 1. The van der Waals surface area contributed by atoms with Gasteiger partial charge in [-0.25, -0.2) is 9.69 Å². The second kappa shape index (κ2) is 9.66. The van der Waals surface area contributed by atoms with Crippen LogP contribution < -0.4 is 19.7 Å². The molecule has 3 rings (SSSR count). The second-order valence-electron chi connectivity index (χ2n) is 6.86. The molecule has 0 aliphatic carbocycles. The fourth-order valence-electron chi connectivity index (χ4n) is 3.14. The Bertz CT molecular complexity index is 1060. The minimum atomic E-state index is -0.794. The van der Waals surface area contributed by atoms with Gasteiger partial charge in [0.15, 0.2) is 11.5 Å². The first-order valence-electron chi connectivity index (χ1n) is 9.93. The molecule has 2 aromatic rings. The number of nitrogens with zero attached hydrogens (tertiary/aromatic N) is 1. The Balaban J connectivity index is 2.03. The van der Waals surface area contributed by atoms with Gasteiger partial charge in [0.1, 0.15) is 5.57 Å². The normalized spacial score (nSPS) is 15.3. The average molecular weight is 443 g/mol. The number of benzene rings is 2. The number of hydrogen-bond acceptors (Lipinski definition) is 5. The van der Waals surface area contributed by atoms with Crippen LogP contribution in [-0.4, -0.2) is 31.1 Å². The molecule has 1 fully saturated rings. The van der Waals surface area contributed by atoms with Crippen LogP contribution in [0.2, 0.25) is 5.02 Å². The van der Waals surface area contributed by atoms with Crippen LogP contribution in [0.15, 0.2) is 42.0 Å².